The van der Waals surface area contributed by atoms with Crippen LogP contribution in [0.5, 0.6) is 0 Å². The molecule has 0 aromatic carbocycles. The van der Waals surface area contributed by atoms with Crippen LogP contribution in [0.1, 0.15) is 0 Å². The van der Waals surface area contributed by atoms with Gasteiger partial charge in [-0.1, -0.05) is 0 Å². The fraction of sp³-hybridized carbons (Fsp3) is 0. The van der Waals surface area contributed by atoms with Gasteiger partial charge < -0.3 is 5.73 Å². The first kappa shape index (κ1) is 12.4. The van der Waals surface area contributed by atoms with Crippen molar-refractivity contribution in [2.45, 2.75) is 0 Å². The van der Waals surface area contributed by atoms with E-state index >= 15 is 0 Å². The largest absolute Gasteiger partial charge is 0.368 e. The summed E-state index contributed by atoms with van der Waals surface area (Å²) >= 11 is 0. The normalized spacial score (nSPS) is 10.9. The summed E-state index contributed by atoms with van der Waals surface area (Å²) in [4.78, 5) is 20.7. The van der Waals surface area contributed by atoms with Crippen molar-refractivity contribution in [2.75, 3.05) is 5.73 Å². The van der Waals surface area contributed by atoms with E-state index < -0.39 is 0 Å². The van der Waals surface area contributed by atoms with Gasteiger partial charge in [-0.3, -0.25) is 4.40 Å². The highest BCUT2D eigenvalue weighted by molar-refractivity contribution is 5.67. The zero-order valence-corrected chi connectivity index (χ0v) is 11.5. The summed E-state index contributed by atoms with van der Waals surface area (Å²) < 4.78 is 1.96. The van der Waals surface area contributed by atoms with Gasteiger partial charge in [0.2, 0.25) is 5.95 Å². The number of hydrogen-bond donors (Lipinski definition) is 1. The maximum Gasteiger partial charge on any atom is 0.220 e. The Morgan fingerprint density at radius 3 is 2.59 bits per heavy atom. The van der Waals surface area contributed by atoms with Crippen LogP contribution in [0.2, 0.25) is 0 Å². The molecule has 0 fully saturated rings. The third-order valence-electron chi connectivity index (χ3n) is 3.34. The molecule has 7 nitrogen and oxygen atoms in total. The van der Waals surface area contributed by atoms with Gasteiger partial charge in [-0.2, -0.15) is 0 Å². The first-order chi connectivity index (χ1) is 10.8. The fourth-order valence-electron chi connectivity index (χ4n) is 2.31. The molecule has 4 aromatic rings. The quantitative estimate of drug-likeness (QED) is 0.605. The van der Waals surface area contributed by atoms with Crippen molar-refractivity contribution >= 4 is 11.6 Å². The van der Waals surface area contributed by atoms with Gasteiger partial charge in [-0.15, -0.1) is 0 Å². The van der Waals surface area contributed by atoms with E-state index in [1.807, 2.05) is 22.7 Å². The maximum absolute atomic E-state index is 5.66. The minimum atomic E-state index is 0.236. The summed E-state index contributed by atoms with van der Waals surface area (Å²) in [5.74, 6) is 0.236. The average Bonchev–Trinajstić information content (AvgIpc) is 2.99. The van der Waals surface area contributed by atoms with E-state index in [-0.39, 0.29) is 5.95 Å². The molecule has 4 rings (SSSR count). The Kier molecular flexibility index (Phi) is 2.75. The highest BCUT2D eigenvalue weighted by Crippen LogP contribution is 2.23. The summed E-state index contributed by atoms with van der Waals surface area (Å²) in [5.41, 5.74) is 9.99. The number of pyridine rings is 1. The van der Waals surface area contributed by atoms with Gasteiger partial charge in [-0.05, 0) is 18.2 Å². The number of nitrogens with two attached hydrogens (primary N) is 1. The minimum absolute atomic E-state index is 0.236. The van der Waals surface area contributed by atoms with Crippen LogP contribution >= 0.6 is 0 Å². The van der Waals surface area contributed by atoms with E-state index in [2.05, 4.69) is 24.9 Å². The molecule has 4 heterocycles. The van der Waals surface area contributed by atoms with Crippen LogP contribution < -0.4 is 5.73 Å². The molecule has 7 heteroatoms. The highest BCUT2D eigenvalue weighted by Gasteiger charge is 2.09. The first-order valence-corrected chi connectivity index (χ1v) is 6.63. The molecule has 2 N–H and O–H groups in total. The highest BCUT2D eigenvalue weighted by atomic mass is 15.0. The van der Waals surface area contributed by atoms with Gasteiger partial charge in [0.15, 0.2) is 0 Å². The van der Waals surface area contributed by atoms with Gasteiger partial charge in [0, 0.05) is 35.9 Å². The van der Waals surface area contributed by atoms with Crippen molar-refractivity contribution in [1.29, 1.82) is 0 Å². The zero-order chi connectivity index (χ0) is 14.9. The van der Waals surface area contributed by atoms with Crippen molar-refractivity contribution in [3.05, 3.63) is 55.5 Å². The molecule has 0 amide bonds. The Balaban J connectivity index is 1.91. The molecule has 0 radical (unpaired) electrons. The van der Waals surface area contributed by atoms with Crippen LogP contribution in [0.4, 0.5) is 5.95 Å². The number of aromatic nitrogens is 6. The maximum atomic E-state index is 5.66. The smallest absolute Gasteiger partial charge is 0.220 e. The predicted octanol–water partition coefficient (Wildman–Crippen LogP) is 1.83. The summed E-state index contributed by atoms with van der Waals surface area (Å²) in [6.07, 6.45) is 10.4. The molecule has 0 aliphatic heterocycles. The van der Waals surface area contributed by atoms with E-state index in [0.29, 0.717) is 0 Å². The van der Waals surface area contributed by atoms with Gasteiger partial charge >= 0.3 is 0 Å². The topological polar surface area (TPSA) is 94.9 Å². The summed E-state index contributed by atoms with van der Waals surface area (Å²) in [5, 5.41) is 0. The summed E-state index contributed by atoms with van der Waals surface area (Å²) in [7, 11) is 0. The Bertz CT molecular complexity index is 946. The van der Waals surface area contributed by atoms with Crippen molar-refractivity contribution in [2.24, 2.45) is 0 Å². The van der Waals surface area contributed by atoms with Gasteiger partial charge in [0.05, 0.1) is 17.6 Å². The first-order valence-electron chi connectivity index (χ1n) is 6.63. The van der Waals surface area contributed by atoms with Crippen molar-refractivity contribution in [3.8, 4) is 22.5 Å². The number of nitrogens with zero attached hydrogens (tertiary/aromatic N) is 6. The Labute approximate surface area is 125 Å². The van der Waals surface area contributed by atoms with Crippen molar-refractivity contribution < 1.29 is 0 Å². The average molecular weight is 289 g/mol. The van der Waals surface area contributed by atoms with Gasteiger partial charge in [0.25, 0.3) is 0 Å². The second kappa shape index (κ2) is 4.88. The van der Waals surface area contributed by atoms with Crippen LogP contribution in [0.25, 0.3) is 28.2 Å². The molecule has 0 saturated heterocycles. The molecule has 0 spiro atoms. The lowest BCUT2D eigenvalue weighted by Crippen LogP contribution is -1.97. The van der Waals surface area contributed by atoms with Gasteiger partial charge in [-0.25, -0.2) is 24.9 Å². The number of fused-ring (bicyclic) bond motifs is 1. The molecular weight excluding hydrogens is 278 g/mol. The second-order valence-corrected chi connectivity index (χ2v) is 4.72. The van der Waals surface area contributed by atoms with Crippen LogP contribution in [0.3, 0.4) is 0 Å². The third-order valence-corrected chi connectivity index (χ3v) is 3.34. The molecule has 22 heavy (non-hydrogen) atoms. The second-order valence-electron chi connectivity index (χ2n) is 4.72. The standard InChI is InChI=1S/C15H11N7/c16-15-19-4-3-12(21-15)13-7-20-14-2-1-10(8-22(13)14)11-5-17-9-18-6-11/h1-9H,(H2,16,19,21). The molecule has 4 aromatic heterocycles. The lowest BCUT2D eigenvalue weighted by atomic mass is 10.1. The molecule has 0 aliphatic rings. The Hall–Kier alpha value is -3.35. The number of imidazole rings is 1. The Morgan fingerprint density at radius 2 is 1.77 bits per heavy atom. The van der Waals surface area contributed by atoms with Gasteiger partial charge in [0.1, 0.15) is 12.0 Å². The number of nitrogen functional groups attached to an aromatic ring is 1. The van der Waals surface area contributed by atoms with Crippen molar-refractivity contribution in [3.63, 3.8) is 0 Å². The summed E-state index contributed by atoms with van der Waals surface area (Å²) in [6, 6.07) is 5.73. The van der Waals surface area contributed by atoms with E-state index in [9.17, 15) is 0 Å². The molecule has 0 bridgehead atoms. The third kappa shape index (κ3) is 2.05. The molecule has 0 saturated carbocycles. The monoisotopic (exact) mass is 289 g/mol. The zero-order valence-electron chi connectivity index (χ0n) is 11.5. The van der Waals surface area contributed by atoms with Crippen LogP contribution in [-0.4, -0.2) is 29.3 Å². The number of rotatable bonds is 2. The van der Waals surface area contributed by atoms with E-state index in [1.54, 1.807) is 30.9 Å². The SMILES string of the molecule is Nc1nccc(-c2cnc3ccc(-c4cncnc4)cn23)n1. The van der Waals surface area contributed by atoms with E-state index in [1.165, 1.54) is 6.33 Å². The van der Waals surface area contributed by atoms with Crippen LogP contribution in [0.15, 0.2) is 55.5 Å². The molecule has 0 unspecified atom stereocenters. The van der Waals surface area contributed by atoms with Crippen LogP contribution in [0, 0.1) is 0 Å². The van der Waals surface area contributed by atoms with Crippen LogP contribution in [-0.2, 0) is 0 Å². The predicted molar refractivity (Wildman–Crippen MR) is 81.7 cm³/mol. The lowest BCUT2D eigenvalue weighted by Gasteiger charge is -2.05. The molecule has 0 atom stereocenters. The summed E-state index contributed by atoms with van der Waals surface area (Å²) in [6.45, 7) is 0. The molecule has 0 aliphatic carbocycles. The minimum Gasteiger partial charge on any atom is -0.368 e. The number of hydrogen-bond acceptors (Lipinski definition) is 6. The Morgan fingerprint density at radius 1 is 0.909 bits per heavy atom. The number of anilines is 1. The van der Waals surface area contributed by atoms with E-state index in [4.69, 9.17) is 5.73 Å². The fourth-order valence-corrected chi connectivity index (χ4v) is 2.31. The molecule has 106 valence electrons. The lowest BCUT2D eigenvalue weighted by molar-refractivity contribution is 1.13. The van der Waals surface area contributed by atoms with E-state index in [0.717, 1.165) is 28.2 Å². The molecular formula is C15H11N7. The van der Waals surface area contributed by atoms with Crippen molar-refractivity contribution in [1.82, 2.24) is 29.3 Å².